The number of likely N-dealkylation sites (tertiary alicyclic amines) is 1. The fourth-order valence-electron chi connectivity index (χ4n) is 4.84. The van der Waals surface area contributed by atoms with E-state index in [0.717, 1.165) is 36.1 Å². The van der Waals surface area contributed by atoms with Crippen LogP contribution in [0.5, 0.6) is 0 Å². The Morgan fingerprint density at radius 3 is 2.60 bits per heavy atom. The Hall–Kier alpha value is -3.25. The molecule has 4 heterocycles. The Labute approximate surface area is 206 Å². The molecular weight excluding hydrogens is 470 g/mol. The monoisotopic (exact) mass is 499 g/mol. The molecule has 0 bridgehead atoms. The Morgan fingerprint density at radius 1 is 1.14 bits per heavy atom. The van der Waals surface area contributed by atoms with Gasteiger partial charge in [-0.1, -0.05) is 0 Å². The van der Waals surface area contributed by atoms with Crippen LogP contribution in [0.25, 0.3) is 16.2 Å². The molecule has 2 fully saturated rings. The maximum absolute atomic E-state index is 13.5. The van der Waals surface area contributed by atoms with E-state index < -0.39 is 6.09 Å². The van der Waals surface area contributed by atoms with E-state index in [0.29, 0.717) is 43.3 Å². The van der Waals surface area contributed by atoms with Crippen molar-refractivity contribution in [3.05, 3.63) is 29.5 Å². The average Bonchev–Trinajstić information content (AvgIpc) is 3.49. The number of aliphatic hydroxyl groups excluding tert-OH is 1. The van der Waals surface area contributed by atoms with Gasteiger partial charge >= 0.3 is 6.09 Å². The SMILES string of the molecule is CN(C(=O)O)C1CCN(C(=O)c2cc(N[C@H]3CC[C@H](O)CC3)nc(-c3cnn4ccsc34)n2)CC1. The normalized spacial score (nSPS) is 21.3. The largest absolute Gasteiger partial charge is 0.465 e. The molecule has 186 valence electrons. The highest BCUT2D eigenvalue weighted by molar-refractivity contribution is 7.16. The van der Waals surface area contributed by atoms with Gasteiger partial charge in [-0.05, 0) is 38.5 Å². The van der Waals surface area contributed by atoms with Crippen LogP contribution in [0.3, 0.4) is 0 Å². The van der Waals surface area contributed by atoms with Crippen molar-refractivity contribution < 1.29 is 19.8 Å². The molecule has 2 amide bonds. The number of anilines is 1. The number of nitrogens with zero attached hydrogens (tertiary/aromatic N) is 6. The summed E-state index contributed by atoms with van der Waals surface area (Å²) in [6.07, 6.45) is 6.67. The molecule has 0 unspecified atom stereocenters. The first kappa shape index (κ1) is 23.5. The molecule has 2 aliphatic rings. The number of thiazole rings is 1. The van der Waals surface area contributed by atoms with Gasteiger partial charge in [-0.2, -0.15) is 5.10 Å². The van der Waals surface area contributed by atoms with Gasteiger partial charge in [-0.15, -0.1) is 11.3 Å². The molecule has 0 atom stereocenters. The van der Waals surface area contributed by atoms with Gasteiger partial charge < -0.3 is 25.3 Å². The maximum Gasteiger partial charge on any atom is 0.407 e. The second-order valence-electron chi connectivity index (χ2n) is 9.24. The van der Waals surface area contributed by atoms with Crippen LogP contribution in [0.15, 0.2) is 23.8 Å². The molecule has 0 aromatic carbocycles. The van der Waals surface area contributed by atoms with Crippen molar-refractivity contribution in [2.75, 3.05) is 25.5 Å². The smallest absolute Gasteiger partial charge is 0.407 e. The molecule has 12 heteroatoms. The van der Waals surface area contributed by atoms with Gasteiger partial charge in [-0.25, -0.2) is 19.3 Å². The number of carboxylic acid groups (broad SMARTS) is 1. The van der Waals surface area contributed by atoms with Crippen molar-refractivity contribution >= 4 is 34.0 Å². The number of amides is 2. The van der Waals surface area contributed by atoms with Crippen LogP contribution in [0, 0.1) is 0 Å². The van der Waals surface area contributed by atoms with E-state index in [1.807, 2.05) is 11.6 Å². The Balaban J connectivity index is 1.40. The minimum Gasteiger partial charge on any atom is -0.465 e. The molecule has 5 rings (SSSR count). The Morgan fingerprint density at radius 2 is 1.89 bits per heavy atom. The summed E-state index contributed by atoms with van der Waals surface area (Å²) in [5.41, 5.74) is 1.06. The minimum absolute atomic E-state index is 0.101. The van der Waals surface area contributed by atoms with Crippen LogP contribution in [-0.4, -0.2) is 89.9 Å². The number of nitrogens with one attached hydrogen (secondary N) is 1. The summed E-state index contributed by atoms with van der Waals surface area (Å²) >= 11 is 1.53. The van der Waals surface area contributed by atoms with E-state index in [2.05, 4.69) is 15.4 Å². The van der Waals surface area contributed by atoms with Crippen molar-refractivity contribution in [3.8, 4) is 11.4 Å². The predicted molar refractivity (Wildman–Crippen MR) is 131 cm³/mol. The summed E-state index contributed by atoms with van der Waals surface area (Å²) in [6, 6.07) is 1.76. The highest BCUT2D eigenvalue weighted by atomic mass is 32.1. The molecule has 1 aliphatic carbocycles. The Bertz CT molecular complexity index is 1210. The molecular formula is C23H29N7O4S. The zero-order chi connectivity index (χ0) is 24.5. The number of fused-ring (bicyclic) bond motifs is 1. The highest BCUT2D eigenvalue weighted by Crippen LogP contribution is 2.28. The van der Waals surface area contributed by atoms with Gasteiger partial charge in [0.25, 0.3) is 5.91 Å². The number of hydrogen-bond donors (Lipinski definition) is 3. The number of carbonyl (C=O) groups is 2. The van der Waals surface area contributed by atoms with Crippen LogP contribution in [0.4, 0.5) is 10.6 Å². The first-order chi connectivity index (χ1) is 16.9. The third kappa shape index (κ3) is 4.94. The third-order valence-corrected chi connectivity index (χ3v) is 7.86. The van der Waals surface area contributed by atoms with Gasteiger partial charge in [0.15, 0.2) is 5.82 Å². The molecule has 1 aliphatic heterocycles. The average molecular weight is 500 g/mol. The number of hydrogen-bond acceptors (Lipinski definition) is 8. The molecule has 1 saturated heterocycles. The maximum atomic E-state index is 13.5. The van der Waals surface area contributed by atoms with Gasteiger partial charge in [-0.3, -0.25) is 4.79 Å². The second kappa shape index (κ2) is 9.78. The van der Waals surface area contributed by atoms with Crippen LogP contribution in [0.1, 0.15) is 49.0 Å². The minimum atomic E-state index is -0.956. The molecule has 1 saturated carbocycles. The lowest BCUT2D eigenvalue weighted by Crippen LogP contribution is -2.47. The van der Waals surface area contributed by atoms with E-state index in [4.69, 9.17) is 4.98 Å². The molecule has 0 radical (unpaired) electrons. The van der Waals surface area contributed by atoms with Gasteiger partial charge in [0.2, 0.25) is 0 Å². The number of rotatable bonds is 5. The molecule has 3 aromatic heterocycles. The summed E-state index contributed by atoms with van der Waals surface area (Å²) in [5.74, 6) is 0.824. The summed E-state index contributed by atoms with van der Waals surface area (Å²) in [5, 5.41) is 28.8. The lowest BCUT2D eigenvalue weighted by molar-refractivity contribution is 0.0638. The summed E-state index contributed by atoms with van der Waals surface area (Å²) < 4.78 is 1.76. The van der Waals surface area contributed by atoms with E-state index in [1.54, 1.807) is 28.7 Å². The fourth-order valence-corrected chi connectivity index (χ4v) is 5.63. The van der Waals surface area contributed by atoms with Crippen molar-refractivity contribution in [2.24, 2.45) is 0 Å². The van der Waals surface area contributed by atoms with E-state index >= 15 is 0 Å². The van der Waals surface area contributed by atoms with Crippen molar-refractivity contribution in [2.45, 2.75) is 56.7 Å². The lowest BCUT2D eigenvalue weighted by Gasteiger charge is -2.35. The standard InChI is InChI=1S/C23H29N7O4S/c1-28(23(33)34)15-6-8-29(9-7-15)21(32)18-12-19(25-14-2-4-16(31)5-3-14)27-20(26-18)17-13-24-30-10-11-35-22(17)30/h10-16,31H,2-9H2,1H3,(H,33,34)(H,25,26,27)/t14-,16-. The third-order valence-electron chi connectivity index (χ3n) is 6.97. The van der Waals surface area contributed by atoms with Gasteiger partial charge in [0, 0.05) is 49.9 Å². The highest BCUT2D eigenvalue weighted by Gasteiger charge is 2.29. The predicted octanol–water partition coefficient (Wildman–Crippen LogP) is 2.78. The van der Waals surface area contributed by atoms with E-state index in [-0.39, 0.29) is 24.1 Å². The van der Waals surface area contributed by atoms with Crippen LogP contribution in [-0.2, 0) is 0 Å². The number of carbonyl (C=O) groups excluding carboxylic acids is 1. The molecule has 0 spiro atoms. The first-order valence-corrected chi connectivity index (χ1v) is 12.8. The number of aromatic nitrogens is 4. The van der Waals surface area contributed by atoms with Crippen molar-refractivity contribution in [3.63, 3.8) is 0 Å². The van der Waals surface area contributed by atoms with Gasteiger partial charge in [0.1, 0.15) is 16.3 Å². The number of piperidine rings is 1. The van der Waals surface area contributed by atoms with E-state index in [1.165, 1.54) is 16.2 Å². The summed E-state index contributed by atoms with van der Waals surface area (Å²) in [6.45, 7) is 0.930. The summed E-state index contributed by atoms with van der Waals surface area (Å²) in [4.78, 5) is 38.1. The van der Waals surface area contributed by atoms with E-state index in [9.17, 15) is 19.8 Å². The quantitative estimate of drug-likeness (QED) is 0.488. The summed E-state index contributed by atoms with van der Waals surface area (Å²) in [7, 11) is 1.57. The molecule has 3 N–H and O–H groups in total. The van der Waals surface area contributed by atoms with Crippen LogP contribution >= 0.6 is 11.3 Å². The van der Waals surface area contributed by atoms with Crippen molar-refractivity contribution in [1.82, 2.24) is 29.4 Å². The first-order valence-electron chi connectivity index (χ1n) is 11.9. The topological polar surface area (TPSA) is 136 Å². The molecule has 35 heavy (non-hydrogen) atoms. The second-order valence-corrected chi connectivity index (χ2v) is 10.1. The van der Waals surface area contributed by atoms with Crippen LogP contribution < -0.4 is 5.32 Å². The Kier molecular flexibility index (Phi) is 6.56. The number of aliphatic hydroxyl groups is 1. The molecule has 11 nitrogen and oxygen atoms in total. The van der Waals surface area contributed by atoms with Crippen LogP contribution in [0.2, 0.25) is 0 Å². The zero-order valence-corrected chi connectivity index (χ0v) is 20.3. The fraction of sp³-hybridized carbons (Fsp3) is 0.522. The lowest BCUT2D eigenvalue weighted by atomic mass is 9.93. The van der Waals surface area contributed by atoms with Crippen molar-refractivity contribution in [1.29, 1.82) is 0 Å². The molecule has 3 aromatic rings. The van der Waals surface area contributed by atoms with Gasteiger partial charge in [0.05, 0.1) is 17.9 Å². The zero-order valence-electron chi connectivity index (χ0n) is 19.5.